The van der Waals surface area contributed by atoms with Crippen molar-refractivity contribution in [1.82, 2.24) is 15.1 Å². The van der Waals surface area contributed by atoms with E-state index in [1.54, 1.807) is 24.0 Å². The number of hydrogen-bond acceptors (Lipinski definition) is 6. The third kappa shape index (κ3) is 4.72. The van der Waals surface area contributed by atoms with Crippen molar-refractivity contribution in [2.24, 2.45) is 0 Å². The summed E-state index contributed by atoms with van der Waals surface area (Å²) in [5.41, 5.74) is 2.04. The first-order chi connectivity index (χ1) is 13.1. The van der Waals surface area contributed by atoms with E-state index in [1.165, 1.54) is 0 Å². The van der Waals surface area contributed by atoms with Crippen molar-refractivity contribution in [2.45, 2.75) is 13.8 Å². The fourth-order valence-electron chi connectivity index (χ4n) is 2.87. The molecule has 1 aromatic heterocycles. The highest BCUT2D eigenvalue weighted by Crippen LogP contribution is 2.15. The molecule has 1 saturated heterocycles. The maximum absolute atomic E-state index is 12.3. The maximum atomic E-state index is 12.3. The Morgan fingerprint density at radius 1 is 1.11 bits per heavy atom. The second-order valence-electron chi connectivity index (χ2n) is 6.27. The first-order valence-electron chi connectivity index (χ1n) is 8.95. The molecule has 0 radical (unpaired) electrons. The van der Waals surface area contributed by atoms with E-state index in [4.69, 9.17) is 4.74 Å². The van der Waals surface area contributed by atoms with Crippen molar-refractivity contribution in [3.8, 4) is 0 Å². The average molecular weight is 369 g/mol. The minimum atomic E-state index is -0.299. The molecule has 1 aliphatic rings. The first kappa shape index (κ1) is 18.6. The summed E-state index contributed by atoms with van der Waals surface area (Å²) >= 11 is 0. The maximum Gasteiger partial charge on any atom is 0.409 e. The van der Waals surface area contributed by atoms with Crippen LogP contribution in [0.4, 0.5) is 16.3 Å². The number of nitrogens with one attached hydrogen (secondary N) is 1. The molecule has 0 aliphatic carbocycles. The van der Waals surface area contributed by atoms with Gasteiger partial charge in [0.1, 0.15) is 0 Å². The lowest BCUT2D eigenvalue weighted by molar-refractivity contribution is 0.101. The second kappa shape index (κ2) is 8.48. The Morgan fingerprint density at radius 2 is 1.89 bits per heavy atom. The zero-order valence-electron chi connectivity index (χ0n) is 15.5. The van der Waals surface area contributed by atoms with E-state index in [0.29, 0.717) is 38.6 Å². The minimum Gasteiger partial charge on any atom is -0.450 e. The van der Waals surface area contributed by atoms with Crippen molar-refractivity contribution < 1.29 is 14.3 Å². The monoisotopic (exact) mass is 369 g/mol. The van der Waals surface area contributed by atoms with E-state index in [2.05, 4.69) is 15.5 Å². The van der Waals surface area contributed by atoms with Gasteiger partial charge in [-0.05, 0) is 43.7 Å². The average Bonchev–Trinajstić information content (AvgIpc) is 2.68. The van der Waals surface area contributed by atoms with Gasteiger partial charge in [-0.1, -0.05) is 12.1 Å². The summed E-state index contributed by atoms with van der Waals surface area (Å²) in [7, 11) is 0. The van der Waals surface area contributed by atoms with Gasteiger partial charge in [-0.15, -0.1) is 10.2 Å². The van der Waals surface area contributed by atoms with Gasteiger partial charge in [-0.3, -0.25) is 4.79 Å². The Labute approximate surface area is 158 Å². The number of rotatable bonds is 4. The predicted molar refractivity (Wildman–Crippen MR) is 102 cm³/mol. The van der Waals surface area contributed by atoms with Crippen LogP contribution in [-0.4, -0.2) is 59.9 Å². The number of hydrogen-bond donors (Lipinski definition) is 1. The van der Waals surface area contributed by atoms with Crippen LogP contribution in [0, 0.1) is 6.92 Å². The van der Waals surface area contributed by atoms with Gasteiger partial charge in [0.05, 0.1) is 6.61 Å². The zero-order chi connectivity index (χ0) is 19.2. The quantitative estimate of drug-likeness (QED) is 0.890. The lowest BCUT2D eigenvalue weighted by Crippen LogP contribution is -2.49. The number of ether oxygens (including phenoxy) is 1. The second-order valence-corrected chi connectivity index (χ2v) is 6.27. The molecule has 8 nitrogen and oxygen atoms in total. The number of aryl methyl sites for hydroxylation is 1. The van der Waals surface area contributed by atoms with E-state index < -0.39 is 0 Å². The van der Waals surface area contributed by atoms with E-state index in [9.17, 15) is 9.59 Å². The smallest absolute Gasteiger partial charge is 0.409 e. The van der Waals surface area contributed by atoms with Crippen LogP contribution in [0.25, 0.3) is 0 Å². The summed E-state index contributed by atoms with van der Waals surface area (Å²) in [5, 5.41) is 11.0. The van der Waals surface area contributed by atoms with Crippen LogP contribution in [0.3, 0.4) is 0 Å². The molecule has 2 aromatic rings. The third-order valence-corrected chi connectivity index (χ3v) is 4.29. The molecule has 8 heteroatoms. The molecule has 3 rings (SSSR count). The molecule has 0 atom stereocenters. The Bertz CT molecular complexity index is 801. The molecule has 2 amide bonds. The van der Waals surface area contributed by atoms with E-state index in [-0.39, 0.29) is 17.7 Å². The van der Waals surface area contributed by atoms with Gasteiger partial charge < -0.3 is 19.9 Å². The Balaban J connectivity index is 1.57. The number of piperazine rings is 1. The molecule has 1 fully saturated rings. The van der Waals surface area contributed by atoms with Crippen molar-refractivity contribution >= 4 is 23.5 Å². The number of nitrogens with zero attached hydrogens (tertiary/aromatic N) is 4. The van der Waals surface area contributed by atoms with E-state index >= 15 is 0 Å². The number of benzene rings is 1. The Morgan fingerprint density at radius 3 is 2.52 bits per heavy atom. The van der Waals surface area contributed by atoms with Gasteiger partial charge in [-0.25, -0.2) is 4.79 Å². The van der Waals surface area contributed by atoms with Crippen LogP contribution in [0.5, 0.6) is 0 Å². The molecule has 0 bridgehead atoms. The summed E-state index contributed by atoms with van der Waals surface area (Å²) < 4.78 is 5.02. The Kier molecular flexibility index (Phi) is 5.85. The summed E-state index contributed by atoms with van der Waals surface area (Å²) in [6.07, 6.45) is -0.286. The normalized spacial score (nSPS) is 14.0. The summed E-state index contributed by atoms with van der Waals surface area (Å²) in [6.45, 7) is 6.54. The first-order valence-corrected chi connectivity index (χ1v) is 8.95. The number of carbonyl (C=O) groups excluding carboxylic acids is 2. The van der Waals surface area contributed by atoms with Crippen LogP contribution in [-0.2, 0) is 4.74 Å². The van der Waals surface area contributed by atoms with Crippen molar-refractivity contribution in [1.29, 1.82) is 0 Å². The topological polar surface area (TPSA) is 87.7 Å². The van der Waals surface area contributed by atoms with Gasteiger partial charge >= 0.3 is 6.09 Å². The molecular weight excluding hydrogens is 346 g/mol. The van der Waals surface area contributed by atoms with Crippen LogP contribution in [0.15, 0.2) is 36.4 Å². The fourth-order valence-corrected chi connectivity index (χ4v) is 2.87. The molecule has 27 heavy (non-hydrogen) atoms. The van der Waals surface area contributed by atoms with Gasteiger partial charge in [-0.2, -0.15) is 0 Å². The summed E-state index contributed by atoms with van der Waals surface area (Å²) in [6, 6.07) is 11.0. The molecule has 0 saturated carbocycles. The van der Waals surface area contributed by atoms with Crippen LogP contribution < -0.4 is 10.2 Å². The highest BCUT2D eigenvalue weighted by atomic mass is 16.6. The molecule has 0 spiro atoms. The largest absolute Gasteiger partial charge is 0.450 e. The standard InChI is InChI=1S/C19H23N5O3/c1-3-27-19(26)24-11-9-23(10-12-24)17-8-7-16(21-22-17)18(25)20-15-6-4-5-14(2)13-15/h4-8,13H,3,9-12H2,1-2H3,(H,20,25). The van der Waals surface area contributed by atoms with Gasteiger partial charge in [0.2, 0.25) is 0 Å². The lowest BCUT2D eigenvalue weighted by Gasteiger charge is -2.34. The lowest BCUT2D eigenvalue weighted by atomic mass is 10.2. The number of anilines is 2. The van der Waals surface area contributed by atoms with Gasteiger partial charge in [0, 0.05) is 31.9 Å². The van der Waals surface area contributed by atoms with Gasteiger partial charge in [0.15, 0.2) is 11.5 Å². The predicted octanol–water partition coefficient (Wildman–Crippen LogP) is 2.32. The SMILES string of the molecule is CCOC(=O)N1CCN(c2ccc(C(=O)Nc3cccc(C)c3)nn2)CC1. The van der Waals surface area contributed by atoms with E-state index in [1.807, 2.05) is 36.1 Å². The fraction of sp³-hybridized carbons (Fsp3) is 0.368. The van der Waals surface area contributed by atoms with Crippen LogP contribution in [0.1, 0.15) is 23.0 Å². The molecule has 1 N–H and O–H groups in total. The molecule has 142 valence electrons. The third-order valence-electron chi connectivity index (χ3n) is 4.29. The van der Waals surface area contributed by atoms with E-state index in [0.717, 1.165) is 11.3 Å². The molecule has 1 aromatic carbocycles. The van der Waals surface area contributed by atoms with Crippen LogP contribution >= 0.6 is 0 Å². The molecular formula is C19H23N5O3. The summed E-state index contributed by atoms with van der Waals surface area (Å²) in [5.74, 6) is 0.386. The zero-order valence-corrected chi connectivity index (χ0v) is 15.5. The van der Waals surface area contributed by atoms with Crippen molar-refractivity contribution in [3.05, 3.63) is 47.7 Å². The molecule has 2 heterocycles. The van der Waals surface area contributed by atoms with Crippen molar-refractivity contribution in [2.75, 3.05) is 43.0 Å². The van der Waals surface area contributed by atoms with Crippen LogP contribution in [0.2, 0.25) is 0 Å². The molecule has 1 aliphatic heterocycles. The van der Waals surface area contributed by atoms with Crippen molar-refractivity contribution in [3.63, 3.8) is 0 Å². The summed E-state index contributed by atoms with van der Waals surface area (Å²) in [4.78, 5) is 27.8. The highest BCUT2D eigenvalue weighted by Gasteiger charge is 2.23. The number of aromatic nitrogens is 2. The minimum absolute atomic E-state index is 0.255. The molecule has 0 unspecified atom stereocenters. The number of amides is 2. The van der Waals surface area contributed by atoms with Gasteiger partial charge in [0.25, 0.3) is 5.91 Å². The number of carbonyl (C=O) groups is 2. The highest BCUT2D eigenvalue weighted by molar-refractivity contribution is 6.02. The Hall–Kier alpha value is -3.16.